The van der Waals surface area contributed by atoms with Crippen LogP contribution in [0.3, 0.4) is 0 Å². The van der Waals surface area contributed by atoms with Gasteiger partial charge in [0.15, 0.2) is 0 Å². The lowest BCUT2D eigenvalue weighted by molar-refractivity contribution is -0.127. The normalized spacial score (nSPS) is 21.1. The molecule has 3 amide bonds. The summed E-state index contributed by atoms with van der Waals surface area (Å²) in [4.78, 5) is 28.6. The molecule has 2 aromatic carbocycles. The van der Waals surface area contributed by atoms with E-state index in [4.69, 9.17) is 0 Å². The highest BCUT2D eigenvalue weighted by atomic mass is 16.2. The fourth-order valence-corrected chi connectivity index (χ4v) is 4.44. The fraction of sp³-hybridized carbons (Fsp3) is 0.455. The summed E-state index contributed by atoms with van der Waals surface area (Å²) in [5.74, 6) is 0.200. The van der Waals surface area contributed by atoms with Crippen LogP contribution in [0.25, 0.3) is 10.8 Å². The number of carbonyl (C=O) groups excluding carboxylic acids is 2. The smallest absolute Gasteiger partial charge is 0.318 e. The molecule has 0 bridgehead atoms. The first-order chi connectivity index (χ1) is 13.1. The number of fused-ring (bicyclic) bond motifs is 1. The van der Waals surface area contributed by atoms with E-state index in [1.54, 1.807) is 0 Å². The zero-order valence-corrected chi connectivity index (χ0v) is 15.9. The van der Waals surface area contributed by atoms with E-state index in [0.717, 1.165) is 32.4 Å². The second-order valence-electron chi connectivity index (χ2n) is 7.71. The molecule has 0 spiro atoms. The van der Waals surface area contributed by atoms with Gasteiger partial charge in [-0.3, -0.25) is 4.79 Å². The van der Waals surface area contributed by atoms with Crippen LogP contribution in [0.15, 0.2) is 42.5 Å². The van der Waals surface area contributed by atoms with Crippen molar-refractivity contribution in [1.29, 1.82) is 0 Å². The van der Waals surface area contributed by atoms with Gasteiger partial charge >= 0.3 is 6.03 Å². The van der Waals surface area contributed by atoms with Crippen molar-refractivity contribution in [1.82, 2.24) is 15.1 Å². The molecular formula is C22H27N3O2. The maximum Gasteiger partial charge on any atom is 0.318 e. The lowest BCUT2D eigenvalue weighted by Crippen LogP contribution is -2.47. The predicted octanol–water partition coefficient (Wildman–Crippen LogP) is 3.70. The van der Waals surface area contributed by atoms with Crippen molar-refractivity contribution in [3.63, 3.8) is 0 Å². The van der Waals surface area contributed by atoms with E-state index in [1.807, 2.05) is 22.8 Å². The first-order valence-corrected chi connectivity index (χ1v) is 9.96. The summed E-state index contributed by atoms with van der Waals surface area (Å²) >= 11 is 0. The van der Waals surface area contributed by atoms with Crippen LogP contribution in [-0.2, 0) is 4.79 Å². The first kappa shape index (κ1) is 17.8. The predicted molar refractivity (Wildman–Crippen MR) is 106 cm³/mol. The molecule has 2 aromatic rings. The summed E-state index contributed by atoms with van der Waals surface area (Å²) in [5.41, 5.74) is 1.23. The Balaban J connectivity index is 1.47. The number of urea groups is 1. The van der Waals surface area contributed by atoms with Crippen molar-refractivity contribution in [2.45, 2.75) is 44.7 Å². The molecule has 0 aliphatic carbocycles. The topological polar surface area (TPSA) is 52.7 Å². The van der Waals surface area contributed by atoms with Crippen LogP contribution in [0.1, 0.15) is 44.2 Å². The molecule has 27 heavy (non-hydrogen) atoms. The molecule has 1 N–H and O–H groups in total. The van der Waals surface area contributed by atoms with Crippen molar-refractivity contribution in [3.05, 3.63) is 48.0 Å². The number of nitrogens with zero attached hydrogens (tertiary/aromatic N) is 2. The van der Waals surface area contributed by atoms with Crippen LogP contribution in [0, 0.1) is 0 Å². The van der Waals surface area contributed by atoms with Crippen molar-refractivity contribution < 1.29 is 9.59 Å². The molecule has 4 rings (SSSR count). The van der Waals surface area contributed by atoms with Gasteiger partial charge < -0.3 is 15.1 Å². The Morgan fingerprint density at radius 2 is 1.96 bits per heavy atom. The second kappa shape index (κ2) is 7.59. The van der Waals surface area contributed by atoms with Crippen molar-refractivity contribution in [2.24, 2.45) is 0 Å². The highest BCUT2D eigenvalue weighted by Gasteiger charge is 2.32. The highest BCUT2D eigenvalue weighted by molar-refractivity contribution is 5.87. The van der Waals surface area contributed by atoms with Crippen LogP contribution < -0.4 is 5.32 Å². The van der Waals surface area contributed by atoms with Crippen LogP contribution >= 0.6 is 0 Å². The van der Waals surface area contributed by atoms with Gasteiger partial charge in [0.2, 0.25) is 5.91 Å². The van der Waals surface area contributed by atoms with Crippen LogP contribution in [0.5, 0.6) is 0 Å². The average molecular weight is 365 g/mol. The summed E-state index contributed by atoms with van der Waals surface area (Å²) < 4.78 is 0. The van der Waals surface area contributed by atoms with E-state index >= 15 is 0 Å². The third-order valence-corrected chi connectivity index (χ3v) is 5.73. The van der Waals surface area contributed by atoms with Gasteiger partial charge in [-0.2, -0.15) is 0 Å². The molecule has 2 atom stereocenters. The minimum absolute atomic E-state index is 0.0235. The summed E-state index contributed by atoms with van der Waals surface area (Å²) in [6.45, 7) is 4.15. The number of rotatable bonds is 4. The molecule has 0 radical (unpaired) electrons. The van der Waals surface area contributed by atoms with E-state index in [0.29, 0.717) is 13.0 Å². The Bertz CT molecular complexity index is 845. The van der Waals surface area contributed by atoms with Gasteiger partial charge in [-0.25, -0.2) is 4.79 Å². The zero-order valence-electron chi connectivity index (χ0n) is 15.9. The van der Waals surface area contributed by atoms with Gasteiger partial charge in [0.05, 0.1) is 6.04 Å². The molecule has 2 aliphatic rings. The molecule has 5 nitrogen and oxygen atoms in total. The van der Waals surface area contributed by atoms with Gasteiger partial charge in [-0.05, 0) is 42.5 Å². The van der Waals surface area contributed by atoms with E-state index < -0.39 is 0 Å². The maximum absolute atomic E-state index is 12.9. The van der Waals surface area contributed by atoms with E-state index in [2.05, 4.69) is 41.7 Å². The molecule has 2 fully saturated rings. The van der Waals surface area contributed by atoms with Gasteiger partial charge in [-0.15, -0.1) is 0 Å². The van der Waals surface area contributed by atoms with Gasteiger partial charge in [0.25, 0.3) is 0 Å². The van der Waals surface area contributed by atoms with Gasteiger partial charge in [0.1, 0.15) is 0 Å². The van der Waals surface area contributed by atoms with Gasteiger partial charge in [0, 0.05) is 32.1 Å². The Hall–Kier alpha value is -2.56. The largest absolute Gasteiger partial charge is 0.341 e. The molecule has 0 saturated carbocycles. The molecule has 2 heterocycles. The molecule has 2 saturated heterocycles. The number of hydrogen-bond acceptors (Lipinski definition) is 2. The lowest BCUT2D eigenvalue weighted by Gasteiger charge is -2.29. The molecule has 0 aromatic heterocycles. The number of amides is 3. The molecular weight excluding hydrogens is 338 g/mol. The third kappa shape index (κ3) is 3.64. The number of carbonyl (C=O) groups is 2. The molecule has 0 unspecified atom stereocenters. The number of benzene rings is 2. The minimum Gasteiger partial charge on any atom is -0.341 e. The summed E-state index contributed by atoms with van der Waals surface area (Å²) in [5, 5.41) is 5.54. The van der Waals surface area contributed by atoms with E-state index in [9.17, 15) is 9.59 Å². The van der Waals surface area contributed by atoms with Crippen LogP contribution in [0.4, 0.5) is 4.79 Å². The lowest BCUT2D eigenvalue weighted by atomic mass is 9.97. The summed E-state index contributed by atoms with van der Waals surface area (Å²) in [6.07, 6.45) is 3.56. The SMILES string of the molecule is C[C@@H](CN1CCCC1=O)NC(=O)N1CCC[C@H]1c1cccc2ccccc12. The Morgan fingerprint density at radius 1 is 1.15 bits per heavy atom. The maximum atomic E-state index is 12.9. The third-order valence-electron chi connectivity index (χ3n) is 5.73. The van der Waals surface area contributed by atoms with Crippen LogP contribution in [0.2, 0.25) is 0 Å². The Kier molecular flexibility index (Phi) is 5.01. The molecule has 142 valence electrons. The summed E-state index contributed by atoms with van der Waals surface area (Å²) in [7, 11) is 0. The van der Waals surface area contributed by atoms with Crippen molar-refractivity contribution >= 4 is 22.7 Å². The molecule has 5 heteroatoms. The Labute approximate surface area is 160 Å². The number of likely N-dealkylation sites (tertiary alicyclic amines) is 2. The summed E-state index contributed by atoms with van der Waals surface area (Å²) in [6, 6.07) is 14.7. The molecule has 2 aliphatic heterocycles. The zero-order chi connectivity index (χ0) is 18.8. The number of hydrogen-bond donors (Lipinski definition) is 1. The van der Waals surface area contributed by atoms with E-state index in [-0.39, 0.29) is 24.0 Å². The monoisotopic (exact) mass is 365 g/mol. The standard InChI is InChI=1S/C22H27N3O2/c1-16(15-24-13-6-12-21(24)26)23-22(27)25-14-5-11-20(25)19-10-4-8-17-7-2-3-9-18(17)19/h2-4,7-10,16,20H,5-6,11-15H2,1H3,(H,23,27)/t16-,20-/m0/s1. The quantitative estimate of drug-likeness (QED) is 0.898. The fourth-order valence-electron chi connectivity index (χ4n) is 4.44. The minimum atomic E-state index is -0.0479. The van der Waals surface area contributed by atoms with Crippen LogP contribution in [-0.4, -0.2) is 47.4 Å². The highest BCUT2D eigenvalue weighted by Crippen LogP contribution is 2.35. The number of nitrogens with one attached hydrogen (secondary N) is 1. The van der Waals surface area contributed by atoms with E-state index in [1.165, 1.54) is 16.3 Å². The first-order valence-electron chi connectivity index (χ1n) is 9.96. The average Bonchev–Trinajstić information content (AvgIpc) is 3.31. The Morgan fingerprint density at radius 3 is 2.78 bits per heavy atom. The second-order valence-corrected chi connectivity index (χ2v) is 7.71. The van der Waals surface area contributed by atoms with Crippen molar-refractivity contribution in [3.8, 4) is 0 Å². The van der Waals surface area contributed by atoms with Crippen molar-refractivity contribution in [2.75, 3.05) is 19.6 Å². The van der Waals surface area contributed by atoms with Gasteiger partial charge in [-0.1, -0.05) is 42.5 Å².